The number of carbonyl (C=O) groups is 1. The monoisotopic (exact) mass is 295 g/mol. The molecule has 0 atom stereocenters. The molecular formula is C18H17NO3. The average molecular weight is 295 g/mol. The van der Waals surface area contributed by atoms with E-state index in [2.05, 4.69) is 9.89 Å². The van der Waals surface area contributed by atoms with E-state index in [9.17, 15) is 10.0 Å². The molecule has 0 amide bonds. The van der Waals surface area contributed by atoms with Crippen molar-refractivity contribution in [3.63, 3.8) is 0 Å². The average Bonchev–Trinajstić information content (AvgIpc) is 2.59. The van der Waals surface area contributed by atoms with Gasteiger partial charge in [0.05, 0.1) is 13.5 Å². The van der Waals surface area contributed by atoms with E-state index >= 15 is 0 Å². The van der Waals surface area contributed by atoms with Gasteiger partial charge in [0.2, 0.25) is 0 Å². The normalized spacial score (nSPS) is 12.0. The number of oxime groups is 1. The van der Waals surface area contributed by atoms with Gasteiger partial charge < -0.3 is 9.94 Å². The zero-order chi connectivity index (χ0) is 15.8. The van der Waals surface area contributed by atoms with E-state index in [1.54, 1.807) is 6.08 Å². The number of benzene rings is 2. The lowest BCUT2D eigenvalue weighted by Crippen LogP contribution is -2.06. The second-order valence-electron chi connectivity index (χ2n) is 4.58. The molecule has 0 fully saturated rings. The molecule has 4 nitrogen and oxygen atoms in total. The highest BCUT2D eigenvalue weighted by atomic mass is 16.5. The van der Waals surface area contributed by atoms with Crippen LogP contribution in [0.5, 0.6) is 0 Å². The zero-order valence-electron chi connectivity index (χ0n) is 12.3. The van der Waals surface area contributed by atoms with Crippen LogP contribution in [-0.2, 0) is 9.53 Å². The van der Waals surface area contributed by atoms with E-state index in [0.29, 0.717) is 11.3 Å². The van der Waals surface area contributed by atoms with E-state index in [-0.39, 0.29) is 12.4 Å². The SMILES string of the molecule is COC(=O)CC=C(C(=NO)c1ccccc1)c1ccccc1. The van der Waals surface area contributed by atoms with E-state index in [0.717, 1.165) is 11.1 Å². The number of hydrogen-bond donors (Lipinski definition) is 1. The standard InChI is InChI=1S/C18H17NO3/c1-22-17(20)13-12-16(14-8-4-2-5-9-14)18(19-21)15-10-6-3-7-11-15/h2-12,21H,13H2,1H3. The second-order valence-corrected chi connectivity index (χ2v) is 4.58. The van der Waals surface area contributed by atoms with Crippen molar-refractivity contribution in [2.75, 3.05) is 7.11 Å². The highest BCUT2D eigenvalue weighted by molar-refractivity contribution is 6.31. The summed E-state index contributed by atoms with van der Waals surface area (Å²) in [7, 11) is 1.34. The Kier molecular flexibility index (Phi) is 5.49. The summed E-state index contributed by atoms with van der Waals surface area (Å²) in [5, 5.41) is 12.9. The molecule has 4 heteroatoms. The molecule has 2 rings (SSSR count). The minimum Gasteiger partial charge on any atom is -0.469 e. The summed E-state index contributed by atoms with van der Waals surface area (Å²) in [6.07, 6.45) is 1.82. The van der Waals surface area contributed by atoms with Crippen LogP contribution in [0.25, 0.3) is 5.57 Å². The predicted octanol–water partition coefficient (Wildman–Crippen LogP) is 3.51. The molecule has 0 unspecified atom stereocenters. The Morgan fingerprint density at radius 1 is 1.05 bits per heavy atom. The van der Waals surface area contributed by atoms with E-state index in [1.165, 1.54) is 7.11 Å². The second kappa shape index (κ2) is 7.78. The Morgan fingerprint density at radius 2 is 1.59 bits per heavy atom. The Balaban J connectivity index is 2.46. The molecule has 0 aliphatic heterocycles. The van der Waals surface area contributed by atoms with Gasteiger partial charge in [-0.25, -0.2) is 0 Å². The number of esters is 1. The van der Waals surface area contributed by atoms with Crippen molar-refractivity contribution in [2.24, 2.45) is 5.16 Å². The van der Waals surface area contributed by atoms with Crippen LogP contribution in [0.3, 0.4) is 0 Å². The van der Waals surface area contributed by atoms with Crippen molar-refractivity contribution in [3.8, 4) is 0 Å². The molecule has 2 aromatic carbocycles. The molecule has 112 valence electrons. The van der Waals surface area contributed by atoms with Crippen molar-refractivity contribution in [1.82, 2.24) is 0 Å². The zero-order valence-corrected chi connectivity index (χ0v) is 12.3. The molecule has 0 saturated heterocycles. The van der Waals surface area contributed by atoms with Gasteiger partial charge >= 0.3 is 5.97 Å². The Bertz CT molecular complexity index is 676. The number of allylic oxidation sites excluding steroid dienone is 1. The minimum atomic E-state index is -0.348. The number of ether oxygens (including phenoxy) is 1. The predicted molar refractivity (Wildman–Crippen MR) is 85.8 cm³/mol. The number of carbonyl (C=O) groups excluding carboxylic acids is 1. The summed E-state index contributed by atoms with van der Waals surface area (Å²) in [6.45, 7) is 0. The van der Waals surface area contributed by atoms with Crippen LogP contribution >= 0.6 is 0 Å². The van der Waals surface area contributed by atoms with Gasteiger partial charge in [-0.3, -0.25) is 4.79 Å². The quantitative estimate of drug-likeness (QED) is 0.397. The lowest BCUT2D eigenvalue weighted by atomic mass is 9.95. The molecule has 0 heterocycles. The molecule has 0 aliphatic rings. The summed E-state index contributed by atoms with van der Waals surface area (Å²) in [4.78, 5) is 11.4. The fourth-order valence-corrected chi connectivity index (χ4v) is 2.10. The maximum atomic E-state index is 11.4. The molecule has 0 radical (unpaired) electrons. The van der Waals surface area contributed by atoms with Gasteiger partial charge in [-0.1, -0.05) is 71.9 Å². The number of hydrogen-bond acceptors (Lipinski definition) is 4. The summed E-state index contributed by atoms with van der Waals surface area (Å²) < 4.78 is 4.67. The number of nitrogens with zero attached hydrogens (tertiary/aromatic N) is 1. The third-order valence-electron chi connectivity index (χ3n) is 3.19. The summed E-state index contributed by atoms with van der Waals surface area (Å²) in [5.41, 5.74) is 2.73. The minimum absolute atomic E-state index is 0.104. The Morgan fingerprint density at radius 3 is 2.09 bits per heavy atom. The smallest absolute Gasteiger partial charge is 0.309 e. The van der Waals surface area contributed by atoms with Crippen molar-refractivity contribution < 1.29 is 14.7 Å². The van der Waals surface area contributed by atoms with Crippen LogP contribution in [0.4, 0.5) is 0 Å². The van der Waals surface area contributed by atoms with Crippen molar-refractivity contribution >= 4 is 17.3 Å². The molecule has 22 heavy (non-hydrogen) atoms. The number of methoxy groups -OCH3 is 1. The summed E-state index contributed by atoms with van der Waals surface area (Å²) in [6, 6.07) is 18.8. The van der Waals surface area contributed by atoms with Gasteiger partial charge in [0.15, 0.2) is 0 Å². The molecule has 2 aromatic rings. The molecule has 0 bridgehead atoms. The van der Waals surface area contributed by atoms with Crippen LogP contribution in [0, 0.1) is 0 Å². The van der Waals surface area contributed by atoms with Crippen molar-refractivity contribution in [3.05, 3.63) is 77.9 Å². The molecule has 0 aromatic heterocycles. The summed E-state index contributed by atoms with van der Waals surface area (Å²) in [5.74, 6) is -0.348. The fraction of sp³-hybridized carbons (Fsp3) is 0.111. The number of rotatable bonds is 5. The van der Waals surface area contributed by atoms with Crippen LogP contribution in [-0.4, -0.2) is 24.0 Å². The largest absolute Gasteiger partial charge is 0.469 e. The highest BCUT2D eigenvalue weighted by Gasteiger charge is 2.13. The van der Waals surface area contributed by atoms with E-state index in [4.69, 9.17) is 0 Å². The first-order valence-corrected chi connectivity index (χ1v) is 6.86. The first kappa shape index (κ1) is 15.5. The lowest BCUT2D eigenvalue weighted by Gasteiger charge is -2.10. The van der Waals surface area contributed by atoms with Gasteiger partial charge in [-0.2, -0.15) is 0 Å². The van der Waals surface area contributed by atoms with Crippen molar-refractivity contribution in [2.45, 2.75) is 6.42 Å². The van der Waals surface area contributed by atoms with Gasteiger partial charge in [-0.15, -0.1) is 0 Å². The van der Waals surface area contributed by atoms with Gasteiger partial charge in [-0.05, 0) is 5.56 Å². The van der Waals surface area contributed by atoms with E-state index in [1.807, 2.05) is 60.7 Å². The van der Waals surface area contributed by atoms with Crippen molar-refractivity contribution in [1.29, 1.82) is 0 Å². The molecular weight excluding hydrogens is 278 g/mol. The fourth-order valence-electron chi connectivity index (χ4n) is 2.10. The van der Waals surface area contributed by atoms with Crippen LogP contribution in [0.15, 0.2) is 71.9 Å². The van der Waals surface area contributed by atoms with Crippen LogP contribution in [0.1, 0.15) is 17.5 Å². The van der Waals surface area contributed by atoms with Crippen LogP contribution in [0.2, 0.25) is 0 Å². The van der Waals surface area contributed by atoms with Gasteiger partial charge in [0.25, 0.3) is 0 Å². The third-order valence-corrected chi connectivity index (χ3v) is 3.19. The first-order chi connectivity index (χ1) is 10.8. The Hall–Kier alpha value is -2.88. The lowest BCUT2D eigenvalue weighted by molar-refractivity contribution is -0.139. The highest BCUT2D eigenvalue weighted by Crippen LogP contribution is 2.21. The van der Waals surface area contributed by atoms with Gasteiger partial charge in [0.1, 0.15) is 5.71 Å². The summed E-state index contributed by atoms with van der Waals surface area (Å²) >= 11 is 0. The molecule has 0 spiro atoms. The maximum Gasteiger partial charge on any atom is 0.309 e. The molecule has 1 N–H and O–H groups in total. The maximum absolute atomic E-state index is 11.4. The molecule has 0 aliphatic carbocycles. The first-order valence-electron chi connectivity index (χ1n) is 6.86. The van der Waals surface area contributed by atoms with Crippen LogP contribution < -0.4 is 0 Å². The van der Waals surface area contributed by atoms with E-state index < -0.39 is 0 Å². The van der Waals surface area contributed by atoms with Gasteiger partial charge in [0, 0.05) is 11.1 Å². The topological polar surface area (TPSA) is 58.9 Å². The Labute approximate surface area is 129 Å². The third kappa shape index (κ3) is 3.82. The molecule has 0 saturated carbocycles.